The van der Waals surface area contributed by atoms with E-state index in [1.54, 1.807) is 6.08 Å². The summed E-state index contributed by atoms with van der Waals surface area (Å²) in [7, 11) is 0. The van der Waals surface area contributed by atoms with Gasteiger partial charge in [-0.3, -0.25) is 9.59 Å². The standard InChI is InChI=1S/C71H137NO5/c1-3-5-7-9-11-13-15-44-47-51-55-59-63-69(74)68(67-73)72-70(75)64-60-56-52-48-45-41-39-37-35-33-31-29-27-25-23-21-19-17-16-18-20-22-24-26-28-30-32-34-36-38-40-42-46-50-54-58-62-66-77-71(76)65-61-57-53-49-43-14-12-10-8-6-4-2/h10,12,59,63,68-69,73-74H,3-9,11,13-58,60-62,64-67H2,1-2H3,(H,72,75)/b12-10-,63-59+. The zero-order valence-corrected chi connectivity index (χ0v) is 52.2. The lowest BCUT2D eigenvalue weighted by Crippen LogP contribution is -2.45. The summed E-state index contributed by atoms with van der Waals surface area (Å²) in [6.07, 6.45) is 84.3. The minimum Gasteiger partial charge on any atom is -0.466 e. The van der Waals surface area contributed by atoms with Crippen LogP contribution in [0.15, 0.2) is 24.3 Å². The van der Waals surface area contributed by atoms with Crippen molar-refractivity contribution in [3.8, 4) is 0 Å². The second-order valence-electron chi connectivity index (χ2n) is 24.2. The molecule has 77 heavy (non-hydrogen) atoms. The third-order valence-corrected chi connectivity index (χ3v) is 16.5. The Kier molecular flexibility index (Phi) is 65.4. The second-order valence-corrected chi connectivity index (χ2v) is 24.2. The van der Waals surface area contributed by atoms with Crippen LogP contribution in [0.2, 0.25) is 0 Å². The number of amides is 1. The van der Waals surface area contributed by atoms with Crippen molar-refractivity contribution < 1.29 is 24.5 Å². The van der Waals surface area contributed by atoms with Crippen molar-refractivity contribution >= 4 is 11.9 Å². The molecule has 0 saturated heterocycles. The molecule has 3 N–H and O–H groups in total. The van der Waals surface area contributed by atoms with Gasteiger partial charge in [-0.2, -0.15) is 0 Å². The monoisotopic (exact) mass is 1080 g/mol. The van der Waals surface area contributed by atoms with E-state index >= 15 is 0 Å². The SMILES string of the molecule is CCCC/C=C\CCCCCCCC(=O)OCCCCCCCCCCCCCCCCCCCCCCCCCCCCCCCCCCCCCCCC(=O)NC(CO)C(O)/C=C/CCCCCCCCCCCC. The van der Waals surface area contributed by atoms with Crippen LogP contribution in [0, 0.1) is 0 Å². The van der Waals surface area contributed by atoms with Crippen LogP contribution >= 0.6 is 0 Å². The number of carbonyl (C=O) groups is 2. The molecule has 1 amide bonds. The fourth-order valence-corrected chi connectivity index (χ4v) is 11.1. The van der Waals surface area contributed by atoms with E-state index in [0.717, 1.165) is 44.9 Å². The maximum atomic E-state index is 12.5. The fraction of sp³-hybridized carbons (Fsp3) is 0.915. The molecule has 0 rings (SSSR count). The Morgan fingerprint density at radius 1 is 0.351 bits per heavy atom. The van der Waals surface area contributed by atoms with Gasteiger partial charge in [0.15, 0.2) is 0 Å². The van der Waals surface area contributed by atoms with Crippen molar-refractivity contribution in [1.29, 1.82) is 0 Å². The van der Waals surface area contributed by atoms with Crippen molar-refractivity contribution in [2.45, 2.75) is 405 Å². The number of hydrogen-bond donors (Lipinski definition) is 3. The van der Waals surface area contributed by atoms with E-state index in [1.807, 2.05) is 6.08 Å². The van der Waals surface area contributed by atoms with Gasteiger partial charge < -0.3 is 20.3 Å². The summed E-state index contributed by atoms with van der Waals surface area (Å²) in [6.45, 7) is 4.88. The molecule has 0 radical (unpaired) electrons. The molecule has 0 fully saturated rings. The molecule has 456 valence electrons. The summed E-state index contributed by atoms with van der Waals surface area (Å²) in [6, 6.07) is -0.622. The molecule has 0 heterocycles. The molecule has 2 unspecified atom stereocenters. The highest BCUT2D eigenvalue weighted by molar-refractivity contribution is 5.76. The fourth-order valence-electron chi connectivity index (χ4n) is 11.1. The van der Waals surface area contributed by atoms with Gasteiger partial charge in [0.05, 0.1) is 25.4 Å². The zero-order valence-electron chi connectivity index (χ0n) is 52.2. The predicted octanol–water partition coefficient (Wildman–Crippen LogP) is 22.5. The quantitative estimate of drug-likeness (QED) is 0.0320. The van der Waals surface area contributed by atoms with Crippen LogP contribution in [-0.2, 0) is 14.3 Å². The zero-order chi connectivity index (χ0) is 55.7. The molecular weight excluding hydrogens is 947 g/mol. The number of hydrogen-bond acceptors (Lipinski definition) is 5. The molecule has 2 atom stereocenters. The first-order chi connectivity index (χ1) is 38.0. The first-order valence-electron chi connectivity index (χ1n) is 35.1. The van der Waals surface area contributed by atoms with Crippen LogP contribution < -0.4 is 5.32 Å². The molecule has 0 aromatic rings. The Hall–Kier alpha value is -1.66. The summed E-state index contributed by atoms with van der Waals surface area (Å²) in [5.41, 5.74) is 0. The minimum absolute atomic E-state index is 0.0123. The molecule has 0 aliphatic carbocycles. The lowest BCUT2D eigenvalue weighted by atomic mass is 10.0. The number of aliphatic hydroxyl groups is 2. The number of allylic oxidation sites excluding steroid dienone is 3. The lowest BCUT2D eigenvalue weighted by molar-refractivity contribution is -0.143. The summed E-state index contributed by atoms with van der Waals surface area (Å²) in [5, 5.41) is 23.1. The normalized spacial score (nSPS) is 12.6. The number of nitrogens with one attached hydrogen (secondary N) is 1. The van der Waals surface area contributed by atoms with Gasteiger partial charge in [-0.05, 0) is 51.4 Å². The van der Waals surface area contributed by atoms with E-state index in [9.17, 15) is 19.8 Å². The minimum atomic E-state index is -0.838. The first kappa shape index (κ1) is 75.3. The van der Waals surface area contributed by atoms with Gasteiger partial charge in [-0.15, -0.1) is 0 Å². The number of ether oxygens (including phenoxy) is 1. The summed E-state index contributed by atoms with van der Waals surface area (Å²) in [5.74, 6) is -0.0488. The number of unbranched alkanes of at least 4 members (excludes halogenated alkanes) is 53. The van der Waals surface area contributed by atoms with Gasteiger partial charge in [-0.25, -0.2) is 0 Å². The van der Waals surface area contributed by atoms with Gasteiger partial charge in [-0.1, -0.05) is 353 Å². The Morgan fingerprint density at radius 2 is 0.623 bits per heavy atom. The highest BCUT2D eigenvalue weighted by Crippen LogP contribution is 2.19. The van der Waals surface area contributed by atoms with Crippen molar-refractivity contribution in [3.63, 3.8) is 0 Å². The van der Waals surface area contributed by atoms with Gasteiger partial charge in [0.25, 0.3) is 0 Å². The first-order valence-corrected chi connectivity index (χ1v) is 35.1. The predicted molar refractivity (Wildman–Crippen MR) is 338 cm³/mol. The average Bonchev–Trinajstić information content (AvgIpc) is 3.43. The summed E-state index contributed by atoms with van der Waals surface area (Å²) >= 11 is 0. The van der Waals surface area contributed by atoms with E-state index in [-0.39, 0.29) is 18.5 Å². The number of rotatable bonds is 66. The number of aliphatic hydroxyl groups excluding tert-OH is 2. The van der Waals surface area contributed by atoms with Crippen LogP contribution in [0.1, 0.15) is 393 Å². The average molecular weight is 1080 g/mol. The van der Waals surface area contributed by atoms with Crippen LogP contribution in [0.3, 0.4) is 0 Å². The van der Waals surface area contributed by atoms with Gasteiger partial charge in [0.2, 0.25) is 5.91 Å². The Balaban J connectivity index is 3.29. The largest absolute Gasteiger partial charge is 0.466 e. The Bertz CT molecular complexity index is 1200. The third kappa shape index (κ3) is 63.4. The Morgan fingerprint density at radius 3 is 0.961 bits per heavy atom. The molecule has 0 spiro atoms. The van der Waals surface area contributed by atoms with Crippen molar-refractivity contribution in [2.75, 3.05) is 13.2 Å². The third-order valence-electron chi connectivity index (χ3n) is 16.5. The summed E-state index contributed by atoms with van der Waals surface area (Å²) in [4.78, 5) is 24.5. The van der Waals surface area contributed by atoms with Crippen LogP contribution in [0.5, 0.6) is 0 Å². The van der Waals surface area contributed by atoms with Crippen molar-refractivity contribution in [2.24, 2.45) is 0 Å². The van der Waals surface area contributed by atoms with Gasteiger partial charge in [0, 0.05) is 12.8 Å². The topological polar surface area (TPSA) is 95.9 Å². The van der Waals surface area contributed by atoms with E-state index in [2.05, 4.69) is 31.3 Å². The molecule has 0 bridgehead atoms. The van der Waals surface area contributed by atoms with E-state index in [1.165, 1.54) is 321 Å². The Labute approximate surface area is 481 Å². The van der Waals surface area contributed by atoms with E-state index in [4.69, 9.17) is 4.74 Å². The van der Waals surface area contributed by atoms with Crippen LogP contribution in [0.4, 0.5) is 0 Å². The van der Waals surface area contributed by atoms with E-state index < -0.39 is 12.1 Å². The maximum absolute atomic E-state index is 12.5. The molecule has 6 nitrogen and oxygen atoms in total. The molecule has 0 aromatic heterocycles. The molecular formula is C71H137NO5. The molecule has 0 aliphatic rings. The molecule has 0 aromatic carbocycles. The van der Waals surface area contributed by atoms with Gasteiger partial charge >= 0.3 is 5.97 Å². The molecule has 0 aliphatic heterocycles. The van der Waals surface area contributed by atoms with Gasteiger partial charge in [0.1, 0.15) is 0 Å². The highest BCUT2D eigenvalue weighted by Gasteiger charge is 2.18. The summed E-state index contributed by atoms with van der Waals surface area (Å²) < 4.78 is 5.47. The van der Waals surface area contributed by atoms with Crippen molar-refractivity contribution in [1.82, 2.24) is 5.32 Å². The van der Waals surface area contributed by atoms with Crippen LogP contribution in [-0.4, -0.2) is 47.4 Å². The number of esters is 1. The van der Waals surface area contributed by atoms with Crippen molar-refractivity contribution in [3.05, 3.63) is 24.3 Å². The maximum Gasteiger partial charge on any atom is 0.305 e. The molecule has 6 heteroatoms. The smallest absolute Gasteiger partial charge is 0.305 e. The lowest BCUT2D eigenvalue weighted by Gasteiger charge is -2.20. The van der Waals surface area contributed by atoms with Crippen LogP contribution in [0.25, 0.3) is 0 Å². The number of carbonyl (C=O) groups excluding carboxylic acids is 2. The van der Waals surface area contributed by atoms with E-state index in [0.29, 0.717) is 19.4 Å². The molecule has 0 saturated carbocycles. The second kappa shape index (κ2) is 66.8. The highest BCUT2D eigenvalue weighted by atomic mass is 16.5.